The number of nitrogen functional groups attached to an aromatic ring is 1. The SMILES string of the molecule is CC(NC(=O)c1cccc(NN)n1)c1cccs1. The molecule has 0 saturated heterocycles. The van der Waals surface area contributed by atoms with Gasteiger partial charge >= 0.3 is 0 Å². The zero-order valence-corrected chi connectivity index (χ0v) is 10.7. The first kappa shape index (κ1) is 12.5. The number of hydrogen-bond acceptors (Lipinski definition) is 5. The second-order valence-electron chi connectivity index (χ2n) is 3.76. The van der Waals surface area contributed by atoms with Gasteiger partial charge in [-0.25, -0.2) is 10.8 Å². The number of nitrogens with one attached hydrogen (secondary N) is 2. The van der Waals surface area contributed by atoms with E-state index in [9.17, 15) is 4.79 Å². The van der Waals surface area contributed by atoms with Crippen molar-refractivity contribution in [2.75, 3.05) is 5.43 Å². The Morgan fingerprint density at radius 3 is 2.89 bits per heavy atom. The minimum absolute atomic E-state index is 0.0335. The van der Waals surface area contributed by atoms with E-state index in [0.717, 1.165) is 4.88 Å². The third-order valence-electron chi connectivity index (χ3n) is 2.45. The van der Waals surface area contributed by atoms with Crippen molar-refractivity contribution >= 4 is 23.1 Å². The summed E-state index contributed by atoms with van der Waals surface area (Å²) in [5.74, 6) is 5.50. The van der Waals surface area contributed by atoms with E-state index in [4.69, 9.17) is 5.84 Å². The van der Waals surface area contributed by atoms with Crippen LogP contribution in [0.3, 0.4) is 0 Å². The van der Waals surface area contributed by atoms with Gasteiger partial charge in [-0.3, -0.25) is 4.79 Å². The van der Waals surface area contributed by atoms with Crippen molar-refractivity contribution in [3.8, 4) is 0 Å². The fourth-order valence-electron chi connectivity index (χ4n) is 1.52. The highest BCUT2D eigenvalue weighted by atomic mass is 32.1. The van der Waals surface area contributed by atoms with E-state index in [0.29, 0.717) is 11.5 Å². The van der Waals surface area contributed by atoms with Crippen molar-refractivity contribution < 1.29 is 4.79 Å². The largest absolute Gasteiger partial charge is 0.343 e. The number of aromatic nitrogens is 1. The van der Waals surface area contributed by atoms with E-state index >= 15 is 0 Å². The van der Waals surface area contributed by atoms with Crippen LogP contribution in [0, 0.1) is 0 Å². The van der Waals surface area contributed by atoms with E-state index in [2.05, 4.69) is 15.7 Å². The van der Waals surface area contributed by atoms with Crippen LogP contribution < -0.4 is 16.6 Å². The maximum absolute atomic E-state index is 12.0. The second-order valence-corrected chi connectivity index (χ2v) is 4.74. The van der Waals surface area contributed by atoms with Gasteiger partial charge < -0.3 is 10.7 Å². The predicted molar refractivity (Wildman–Crippen MR) is 72.2 cm³/mol. The summed E-state index contributed by atoms with van der Waals surface area (Å²) in [6.45, 7) is 1.94. The standard InChI is InChI=1S/C12H14N4OS/c1-8(10-5-3-7-18-10)14-12(17)9-4-2-6-11(15-9)16-13/h2-8H,13H2,1H3,(H,14,17)(H,15,16). The van der Waals surface area contributed by atoms with Gasteiger partial charge in [0.15, 0.2) is 0 Å². The minimum Gasteiger partial charge on any atom is -0.343 e. The van der Waals surface area contributed by atoms with Crippen LogP contribution in [0.2, 0.25) is 0 Å². The lowest BCUT2D eigenvalue weighted by Gasteiger charge is -2.12. The number of nitrogens with two attached hydrogens (primary N) is 1. The monoisotopic (exact) mass is 262 g/mol. The molecule has 1 atom stereocenters. The molecule has 0 spiro atoms. The zero-order chi connectivity index (χ0) is 13.0. The molecule has 1 unspecified atom stereocenters. The molecule has 0 aliphatic rings. The van der Waals surface area contributed by atoms with Crippen molar-refractivity contribution in [2.45, 2.75) is 13.0 Å². The molecular weight excluding hydrogens is 248 g/mol. The normalized spacial score (nSPS) is 11.9. The van der Waals surface area contributed by atoms with Gasteiger partial charge in [0.25, 0.3) is 5.91 Å². The van der Waals surface area contributed by atoms with E-state index < -0.39 is 0 Å². The molecule has 6 heteroatoms. The summed E-state index contributed by atoms with van der Waals surface area (Å²) in [7, 11) is 0. The van der Waals surface area contributed by atoms with Gasteiger partial charge in [-0.05, 0) is 30.5 Å². The number of pyridine rings is 1. The molecule has 18 heavy (non-hydrogen) atoms. The average Bonchev–Trinajstić information content (AvgIpc) is 2.92. The fourth-order valence-corrected chi connectivity index (χ4v) is 2.26. The van der Waals surface area contributed by atoms with Crippen LogP contribution in [0.5, 0.6) is 0 Å². The van der Waals surface area contributed by atoms with Gasteiger partial charge in [0.2, 0.25) is 0 Å². The van der Waals surface area contributed by atoms with Crippen molar-refractivity contribution in [1.82, 2.24) is 10.3 Å². The molecule has 0 radical (unpaired) electrons. The Kier molecular flexibility index (Phi) is 3.91. The number of hydrogen-bond donors (Lipinski definition) is 3. The molecule has 2 rings (SSSR count). The van der Waals surface area contributed by atoms with E-state index in [1.807, 2.05) is 24.4 Å². The Balaban J connectivity index is 2.07. The molecule has 2 heterocycles. The highest BCUT2D eigenvalue weighted by Crippen LogP contribution is 2.18. The van der Waals surface area contributed by atoms with Crippen LogP contribution in [0.1, 0.15) is 28.3 Å². The molecule has 4 N–H and O–H groups in total. The molecule has 0 aromatic carbocycles. The lowest BCUT2D eigenvalue weighted by Crippen LogP contribution is -2.27. The van der Waals surface area contributed by atoms with Crippen molar-refractivity contribution in [3.05, 3.63) is 46.3 Å². The summed E-state index contributed by atoms with van der Waals surface area (Å²) in [6, 6.07) is 8.98. The maximum Gasteiger partial charge on any atom is 0.270 e. The first-order valence-electron chi connectivity index (χ1n) is 5.48. The van der Waals surface area contributed by atoms with Gasteiger partial charge in [0.1, 0.15) is 11.5 Å². The summed E-state index contributed by atoms with van der Waals surface area (Å²) in [4.78, 5) is 17.2. The van der Waals surface area contributed by atoms with Crippen LogP contribution in [0.25, 0.3) is 0 Å². The van der Waals surface area contributed by atoms with E-state index in [-0.39, 0.29) is 11.9 Å². The molecule has 0 fully saturated rings. The van der Waals surface area contributed by atoms with Crippen LogP contribution >= 0.6 is 11.3 Å². The Morgan fingerprint density at radius 2 is 2.22 bits per heavy atom. The molecule has 5 nitrogen and oxygen atoms in total. The van der Waals surface area contributed by atoms with E-state index in [1.54, 1.807) is 29.5 Å². The molecular formula is C12H14N4OS. The van der Waals surface area contributed by atoms with Crippen LogP contribution in [-0.2, 0) is 0 Å². The summed E-state index contributed by atoms with van der Waals surface area (Å²) >= 11 is 1.61. The van der Waals surface area contributed by atoms with Gasteiger partial charge in [0.05, 0.1) is 6.04 Å². The maximum atomic E-state index is 12.0. The van der Waals surface area contributed by atoms with Crippen LogP contribution in [-0.4, -0.2) is 10.9 Å². The van der Waals surface area contributed by atoms with E-state index in [1.165, 1.54) is 0 Å². The molecule has 1 amide bonds. The molecule has 94 valence electrons. The van der Waals surface area contributed by atoms with Crippen molar-refractivity contribution in [3.63, 3.8) is 0 Å². The third kappa shape index (κ3) is 2.85. The highest BCUT2D eigenvalue weighted by Gasteiger charge is 2.13. The Morgan fingerprint density at radius 1 is 1.39 bits per heavy atom. The first-order chi connectivity index (χ1) is 8.70. The number of amides is 1. The third-order valence-corrected chi connectivity index (χ3v) is 3.50. The molecule has 2 aromatic heterocycles. The fraction of sp³-hybridized carbons (Fsp3) is 0.167. The van der Waals surface area contributed by atoms with Crippen LogP contribution in [0.4, 0.5) is 5.82 Å². The molecule has 2 aromatic rings. The number of carbonyl (C=O) groups excluding carboxylic acids is 1. The molecule has 0 saturated carbocycles. The second kappa shape index (κ2) is 5.61. The smallest absolute Gasteiger partial charge is 0.270 e. The zero-order valence-electron chi connectivity index (χ0n) is 9.88. The molecule has 0 aliphatic carbocycles. The number of rotatable bonds is 4. The Labute approximate surface area is 109 Å². The lowest BCUT2D eigenvalue weighted by atomic mass is 10.2. The van der Waals surface area contributed by atoms with Gasteiger partial charge in [-0.1, -0.05) is 12.1 Å². The Bertz CT molecular complexity index is 527. The number of anilines is 1. The molecule has 0 bridgehead atoms. The van der Waals surface area contributed by atoms with Crippen LogP contribution in [0.15, 0.2) is 35.7 Å². The van der Waals surface area contributed by atoms with Gasteiger partial charge in [-0.2, -0.15) is 0 Å². The summed E-state index contributed by atoms with van der Waals surface area (Å²) in [5.41, 5.74) is 2.76. The average molecular weight is 262 g/mol. The number of hydrazine groups is 1. The molecule has 0 aliphatic heterocycles. The lowest BCUT2D eigenvalue weighted by molar-refractivity contribution is 0.0935. The first-order valence-corrected chi connectivity index (χ1v) is 6.36. The Hall–Kier alpha value is -1.92. The summed E-state index contributed by atoms with van der Waals surface area (Å²) < 4.78 is 0. The summed E-state index contributed by atoms with van der Waals surface area (Å²) in [5, 5.41) is 4.87. The highest BCUT2D eigenvalue weighted by molar-refractivity contribution is 7.10. The topological polar surface area (TPSA) is 80.0 Å². The number of carbonyl (C=O) groups is 1. The quantitative estimate of drug-likeness (QED) is 0.581. The van der Waals surface area contributed by atoms with Crippen molar-refractivity contribution in [1.29, 1.82) is 0 Å². The minimum atomic E-state index is -0.215. The van der Waals surface area contributed by atoms with Gasteiger partial charge in [-0.15, -0.1) is 11.3 Å². The van der Waals surface area contributed by atoms with Gasteiger partial charge in [0, 0.05) is 4.88 Å². The van der Waals surface area contributed by atoms with Crippen molar-refractivity contribution in [2.24, 2.45) is 5.84 Å². The number of nitrogens with zero attached hydrogens (tertiary/aromatic N) is 1. The predicted octanol–water partition coefficient (Wildman–Crippen LogP) is 1.92. The number of thiophene rings is 1. The summed E-state index contributed by atoms with van der Waals surface area (Å²) in [6.07, 6.45) is 0.